The molecule has 1 unspecified atom stereocenters. The van der Waals surface area contributed by atoms with Crippen molar-refractivity contribution in [1.29, 1.82) is 0 Å². The van der Waals surface area contributed by atoms with E-state index in [1.807, 2.05) is 24.3 Å². The summed E-state index contributed by atoms with van der Waals surface area (Å²) in [7, 11) is 2.70. The second-order valence-corrected chi connectivity index (χ2v) is 9.82. The minimum atomic E-state index is -0.389. The predicted molar refractivity (Wildman–Crippen MR) is 141 cm³/mol. The van der Waals surface area contributed by atoms with Crippen LogP contribution in [-0.2, 0) is 31.9 Å². The largest absolute Gasteiger partial charge is 0.482 e. The maximum Gasteiger partial charge on any atom is 0.343 e. The monoisotopic (exact) mass is 513 g/mol. The lowest BCUT2D eigenvalue weighted by molar-refractivity contribution is -0.933. The van der Waals surface area contributed by atoms with Gasteiger partial charge >= 0.3 is 11.9 Å². The molecule has 1 fully saturated rings. The van der Waals surface area contributed by atoms with E-state index in [2.05, 4.69) is 33.7 Å². The average molecular weight is 514 g/mol. The molecule has 0 bridgehead atoms. The fraction of sp³-hybridized carbons (Fsp3) is 0.517. The first-order chi connectivity index (χ1) is 17.9. The molecule has 1 saturated heterocycles. The number of piperidine rings is 1. The van der Waals surface area contributed by atoms with Crippen LogP contribution in [0.2, 0.25) is 0 Å². The van der Waals surface area contributed by atoms with E-state index in [4.69, 9.17) is 15.2 Å². The van der Waals surface area contributed by atoms with Crippen molar-refractivity contribution >= 4 is 11.9 Å². The van der Waals surface area contributed by atoms with Gasteiger partial charge in [-0.15, -0.1) is 0 Å². The van der Waals surface area contributed by atoms with E-state index in [-0.39, 0.29) is 31.2 Å². The Morgan fingerprint density at radius 3 is 1.68 bits per heavy atom. The highest BCUT2D eigenvalue weighted by Crippen LogP contribution is 2.23. The number of ether oxygens (including phenoxy) is 4. The zero-order chi connectivity index (χ0) is 26.5. The van der Waals surface area contributed by atoms with Gasteiger partial charge in [-0.3, -0.25) is 0 Å². The molecule has 8 heteroatoms. The van der Waals surface area contributed by atoms with Gasteiger partial charge in [0, 0.05) is 12.8 Å². The number of carbonyl (C=O) groups is 2. The summed E-state index contributed by atoms with van der Waals surface area (Å²) in [5.74, 6) is 0.560. The maximum absolute atomic E-state index is 11.2. The number of nitrogens with zero attached hydrogens (tertiary/aromatic N) is 1. The lowest BCUT2D eigenvalue weighted by atomic mass is 10.00. The summed E-state index contributed by atoms with van der Waals surface area (Å²) < 4.78 is 21.2. The summed E-state index contributed by atoms with van der Waals surface area (Å²) >= 11 is 0. The molecule has 2 aromatic rings. The number of rotatable bonds is 14. The number of methoxy groups -OCH3 is 2. The lowest BCUT2D eigenvalue weighted by Crippen LogP contribution is -2.58. The molecule has 0 radical (unpaired) electrons. The first-order valence-corrected chi connectivity index (χ1v) is 13.1. The summed E-state index contributed by atoms with van der Waals surface area (Å²) in [6, 6.07) is 16.2. The van der Waals surface area contributed by atoms with Crippen LogP contribution in [-0.4, -0.2) is 76.1 Å². The van der Waals surface area contributed by atoms with Crippen LogP contribution in [0.1, 0.15) is 36.8 Å². The van der Waals surface area contributed by atoms with Crippen LogP contribution in [0, 0.1) is 0 Å². The Labute approximate surface area is 220 Å². The molecule has 0 aromatic heterocycles. The molecule has 8 nitrogen and oxygen atoms in total. The Morgan fingerprint density at radius 2 is 1.27 bits per heavy atom. The zero-order valence-electron chi connectivity index (χ0n) is 22.2. The molecule has 1 atom stereocenters. The van der Waals surface area contributed by atoms with E-state index in [1.54, 1.807) is 0 Å². The standard InChI is InChI=1S/C29H41N2O6/c1-34-28(32)21-36-26-13-9-23(10-14-26)6-3-17-31(19-5-8-25(30)20-31)18-4-7-24-11-15-27(16-12-24)37-22-29(33)35-2/h9-16,25H,3-8,17-22,30H2,1-2H3/q+1. The highest BCUT2D eigenvalue weighted by molar-refractivity contribution is 5.71. The summed E-state index contributed by atoms with van der Waals surface area (Å²) in [5, 5.41) is 0. The molecule has 1 aliphatic heterocycles. The summed E-state index contributed by atoms with van der Waals surface area (Å²) in [4.78, 5) is 22.5. The molecular weight excluding hydrogens is 472 g/mol. The molecule has 2 N–H and O–H groups in total. The second-order valence-electron chi connectivity index (χ2n) is 9.82. The van der Waals surface area contributed by atoms with Crippen molar-refractivity contribution in [2.24, 2.45) is 5.73 Å². The van der Waals surface area contributed by atoms with Crippen LogP contribution in [0.25, 0.3) is 0 Å². The van der Waals surface area contributed by atoms with E-state index < -0.39 is 0 Å². The number of aryl methyl sites for hydroxylation is 2. The van der Waals surface area contributed by atoms with Crippen molar-refractivity contribution in [3.63, 3.8) is 0 Å². The fourth-order valence-electron chi connectivity index (χ4n) is 5.03. The molecule has 37 heavy (non-hydrogen) atoms. The Balaban J connectivity index is 1.47. The third kappa shape index (κ3) is 9.70. The Bertz CT molecular complexity index is 907. The molecule has 3 rings (SSSR count). The molecular formula is C29H41N2O6+. The van der Waals surface area contributed by atoms with Gasteiger partial charge in [-0.1, -0.05) is 24.3 Å². The quantitative estimate of drug-likeness (QED) is 0.306. The maximum atomic E-state index is 11.2. The van der Waals surface area contributed by atoms with Crippen molar-refractivity contribution in [1.82, 2.24) is 0 Å². The van der Waals surface area contributed by atoms with Gasteiger partial charge < -0.3 is 29.2 Å². The average Bonchev–Trinajstić information content (AvgIpc) is 2.91. The Kier molecular flexibility index (Phi) is 11.2. The van der Waals surface area contributed by atoms with E-state index >= 15 is 0 Å². The number of likely N-dealkylation sites (tertiary alicyclic amines) is 1. The minimum Gasteiger partial charge on any atom is -0.482 e. The number of nitrogens with two attached hydrogens (primary N) is 1. The van der Waals surface area contributed by atoms with Crippen molar-refractivity contribution in [3.05, 3.63) is 59.7 Å². The molecule has 2 aromatic carbocycles. The topological polar surface area (TPSA) is 97.1 Å². The molecule has 202 valence electrons. The lowest BCUT2D eigenvalue weighted by Gasteiger charge is -2.44. The van der Waals surface area contributed by atoms with Crippen molar-refractivity contribution in [2.75, 3.05) is 53.6 Å². The van der Waals surface area contributed by atoms with Gasteiger partial charge in [0.25, 0.3) is 0 Å². The van der Waals surface area contributed by atoms with Crippen LogP contribution in [0.3, 0.4) is 0 Å². The van der Waals surface area contributed by atoms with Gasteiger partial charge in [0.1, 0.15) is 11.5 Å². The van der Waals surface area contributed by atoms with Crippen molar-refractivity contribution in [2.45, 2.75) is 44.6 Å². The molecule has 1 aliphatic rings. The first-order valence-electron chi connectivity index (χ1n) is 13.1. The molecule has 0 amide bonds. The third-order valence-corrected chi connectivity index (χ3v) is 7.04. The third-order valence-electron chi connectivity index (χ3n) is 7.04. The summed E-state index contributed by atoms with van der Waals surface area (Å²) in [6.45, 7) is 4.31. The minimum absolute atomic E-state index is 0.0799. The van der Waals surface area contributed by atoms with Crippen LogP contribution in [0.4, 0.5) is 0 Å². The van der Waals surface area contributed by atoms with E-state index in [9.17, 15) is 9.59 Å². The smallest absolute Gasteiger partial charge is 0.343 e. The van der Waals surface area contributed by atoms with Gasteiger partial charge in [0.15, 0.2) is 13.2 Å². The first kappa shape index (κ1) is 28.5. The summed E-state index contributed by atoms with van der Waals surface area (Å²) in [5.41, 5.74) is 8.95. The van der Waals surface area contributed by atoms with Crippen LogP contribution in [0.5, 0.6) is 11.5 Å². The molecule has 0 aliphatic carbocycles. The highest BCUT2D eigenvalue weighted by atomic mass is 16.6. The predicted octanol–water partition coefficient (Wildman–Crippen LogP) is 3.29. The highest BCUT2D eigenvalue weighted by Gasteiger charge is 2.32. The number of benzene rings is 2. The molecule has 0 spiro atoms. The Hall–Kier alpha value is -3.10. The van der Waals surface area contributed by atoms with Crippen LogP contribution in [0.15, 0.2) is 48.5 Å². The van der Waals surface area contributed by atoms with Gasteiger partial charge in [-0.2, -0.15) is 0 Å². The SMILES string of the molecule is COC(=O)COc1ccc(CCC[N+]2(CCCc3ccc(OCC(=O)OC)cc3)CCCC(N)C2)cc1. The van der Waals surface area contributed by atoms with Crippen molar-refractivity contribution < 1.29 is 33.0 Å². The molecule has 1 heterocycles. The normalized spacial score (nSPS) is 16.6. The number of esters is 2. The van der Waals surface area contributed by atoms with Gasteiger partial charge in [0.2, 0.25) is 0 Å². The number of hydrogen-bond acceptors (Lipinski definition) is 7. The van der Waals surface area contributed by atoms with Crippen LogP contribution < -0.4 is 15.2 Å². The van der Waals surface area contributed by atoms with E-state index in [0.717, 1.165) is 56.2 Å². The summed E-state index contributed by atoms with van der Waals surface area (Å²) in [6.07, 6.45) is 6.49. The van der Waals surface area contributed by atoms with E-state index in [1.165, 1.54) is 38.3 Å². The van der Waals surface area contributed by atoms with Crippen LogP contribution >= 0.6 is 0 Å². The van der Waals surface area contributed by atoms with Crippen molar-refractivity contribution in [3.8, 4) is 11.5 Å². The number of hydrogen-bond donors (Lipinski definition) is 1. The van der Waals surface area contributed by atoms with Gasteiger partial charge in [-0.25, -0.2) is 9.59 Å². The second kappa shape index (κ2) is 14.6. The van der Waals surface area contributed by atoms with Gasteiger partial charge in [0.05, 0.1) is 46.4 Å². The number of carbonyl (C=O) groups excluding carboxylic acids is 2. The molecule has 0 saturated carbocycles. The van der Waals surface area contributed by atoms with E-state index in [0.29, 0.717) is 11.5 Å². The number of quaternary nitrogens is 1. The zero-order valence-corrected chi connectivity index (χ0v) is 22.2. The van der Waals surface area contributed by atoms with Gasteiger partial charge in [-0.05, 0) is 61.1 Å². The fourth-order valence-corrected chi connectivity index (χ4v) is 5.03. The Morgan fingerprint density at radius 1 is 0.811 bits per heavy atom.